The van der Waals surface area contributed by atoms with Crippen LogP contribution < -0.4 is 0 Å². The van der Waals surface area contributed by atoms with Crippen LogP contribution >= 0.6 is 0 Å². The van der Waals surface area contributed by atoms with Crippen molar-refractivity contribution < 1.29 is 53.0 Å². The van der Waals surface area contributed by atoms with E-state index in [1.165, 1.54) is 0 Å². The minimum Gasteiger partial charge on any atom is -0.429 e. The summed E-state index contributed by atoms with van der Waals surface area (Å²) in [4.78, 5) is 0. The van der Waals surface area contributed by atoms with Crippen molar-refractivity contribution in [1.29, 1.82) is 0 Å². The fourth-order valence-electron chi connectivity index (χ4n) is 4.30. The first kappa shape index (κ1) is 31.7. The average molecular weight is 616 g/mol. The van der Waals surface area contributed by atoms with Gasteiger partial charge in [0.15, 0.2) is 17.5 Å². The van der Waals surface area contributed by atoms with Crippen LogP contribution in [0.15, 0.2) is 60.1 Å². The van der Waals surface area contributed by atoms with Gasteiger partial charge in [0, 0.05) is 11.6 Å². The topological polar surface area (TPSA) is 9.23 Å². The number of benzene rings is 3. The van der Waals surface area contributed by atoms with Crippen molar-refractivity contribution in [3.8, 4) is 23.0 Å². The zero-order chi connectivity index (χ0) is 31.6. The van der Waals surface area contributed by atoms with E-state index in [4.69, 9.17) is 0 Å². The van der Waals surface area contributed by atoms with Gasteiger partial charge in [-0.2, -0.15) is 8.78 Å². The molecule has 2 atom stereocenters. The van der Waals surface area contributed by atoms with Crippen LogP contribution in [-0.2, 0) is 17.3 Å². The van der Waals surface area contributed by atoms with Crippen LogP contribution in [-0.4, -0.2) is 6.17 Å². The summed E-state index contributed by atoms with van der Waals surface area (Å²) in [7, 11) is 0. The SMILES string of the molecule is CCCCc1cc(F)c(-c2cc(F)c(C(F)(F)OC3=CC(F)C(C#Cc4cc(F)c(F)c(F)c4)C(F)=C3)c(F)c2)c(F)c1. The lowest BCUT2D eigenvalue weighted by Crippen LogP contribution is -2.24. The Morgan fingerprint density at radius 2 is 1.37 bits per heavy atom. The van der Waals surface area contributed by atoms with Gasteiger partial charge in [-0.15, -0.1) is 0 Å². The monoisotopic (exact) mass is 616 g/mol. The Morgan fingerprint density at radius 1 is 0.791 bits per heavy atom. The summed E-state index contributed by atoms with van der Waals surface area (Å²) in [5.74, 6) is -11.9. The number of allylic oxidation sites excluding steroid dienone is 3. The van der Waals surface area contributed by atoms with E-state index in [0.717, 1.165) is 18.6 Å². The molecular formula is C31H19F11O. The maximum Gasteiger partial charge on any atom is 0.432 e. The minimum atomic E-state index is -4.86. The van der Waals surface area contributed by atoms with E-state index in [1.54, 1.807) is 0 Å². The third-order valence-corrected chi connectivity index (χ3v) is 6.36. The Hall–Kier alpha value is -4.27. The number of aryl methyl sites for hydroxylation is 1. The molecule has 1 nitrogen and oxygen atoms in total. The number of hydrogen-bond donors (Lipinski definition) is 0. The summed E-state index contributed by atoms with van der Waals surface area (Å²) in [6.07, 6.45) is -5.07. The zero-order valence-electron chi connectivity index (χ0n) is 22.0. The van der Waals surface area contributed by atoms with Crippen LogP contribution in [0.2, 0.25) is 0 Å². The molecule has 0 spiro atoms. The normalized spacial score (nSPS) is 16.7. The van der Waals surface area contributed by atoms with Crippen molar-refractivity contribution >= 4 is 0 Å². The molecule has 1 aliphatic rings. The lowest BCUT2D eigenvalue weighted by atomic mass is 9.96. The molecule has 0 radical (unpaired) electrons. The van der Waals surface area contributed by atoms with Gasteiger partial charge in [-0.25, -0.2) is 39.5 Å². The minimum absolute atomic E-state index is 0.254. The van der Waals surface area contributed by atoms with Gasteiger partial charge in [-0.05, 0) is 66.4 Å². The Bertz CT molecular complexity index is 1610. The summed E-state index contributed by atoms with van der Waals surface area (Å²) in [6, 6.07) is 3.39. The summed E-state index contributed by atoms with van der Waals surface area (Å²) in [5.41, 5.74) is -3.76. The summed E-state index contributed by atoms with van der Waals surface area (Å²) in [6.45, 7) is 1.86. The molecule has 0 saturated carbocycles. The van der Waals surface area contributed by atoms with Gasteiger partial charge < -0.3 is 4.74 Å². The highest BCUT2D eigenvalue weighted by Crippen LogP contribution is 2.40. The van der Waals surface area contributed by atoms with Crippen LogP contribution in [0.4, 0.5) is 48.3 Å². The standard InChI is InChI=1S/C31H19F11O/c1-2-3-4-15-7-22(34)28(23(35)8-15)17-11-24(36)29(25(37)12-17)31(41,42)43-18-13-20(32)19(21(33)14-18)6-5-16-9-26(38)30(40)27(39)10-16/h7-14,19-20H,2-4H2,1H3. The van der Waals surface area contributed by atoms with Gasteiger partial charge in [-0.3, -0.25) is 0 Å². The molecule has 12 heteroatoms. The lowest BCUT2D eigenvalue weighted by Gasteiger charge is -2.24. The number of unbranched alkanes of at least 4 members (excludes halogenated alkanes) is 1. The molecule has 0 bridgehead atoms. The second-order valence-corrected chi connectivity index (χ2v) is 9.52. The largest absolute Gasteiger partial charge is 0.432 e. The van der Waals surface area contributed by atoms with Crippen LogP contribution in [0.5, 0.6) is 0 Å². The van der Waals surface area contributed by atoms with Gasteiger partial charge in [0.1, 0.15) is 52.5 Å². The van der Waals surface area contributed by atoms with E-state index in [1.807, 2.05) is 18.8 Å². The van der Waals surface area contributed by atoms with E-state index in [0.29, 0.717) is 31.1 Å². The smallest absolute Gasteiger partial charge is 0.429 e. The highest BCUT2D eigenvalue weighted by Gasteiger charge is 2.43. The maximum absolute atomic E-state index is 14.9. The number of hydrogen-bond acceptors (Lipinski definition) is 1. The molecule has 0 saturated heterocycles. The summed E-state index contributed by atoms with van der Waals surface area (Å²) in [5, 5.41) is 0. The Kier molecular flexibility index (Phi) is 9.23. The second kappa shape index (κ2) is 12.5. The summed E-state index contributed by atoms with van der Waals surface area (Å²) >= 11 is 0. The van der Waals surface area contributed by atoms with E-state index in [2.05, 4.69) is 4.74 Å². The maximum atomic E-state index is 14.9. The highest BCUT2D eigenvalue weighted by atomic mass is 19.3. The van der Waals surface area contributed by atoms with Crippen molar-refractivity contribution in [3.05, 3.63) is 118 Å². The van der Waals surface area contributed by atoms with Gasteiger partial charge >= 0.3 is 6.11 Å². The first-order valence-electron chi connectivity index (χ1n) is 12.7. The van der Waals surface area contributed by atoms with Crippen molar-refractivity contribution in [3.63, 3.8) is 0 Å². The van der Waals surface area contributed by atoms with E-state index in [9.17, 15) is 48.3 Å². The predicted molar refractivity (Wildman–Crippen MR) is 134 cm³/mol. The molecule has 3 aromatic carbocycles. The molecule has 0 fully saturated rings. The van der Waals surface area contributed by atoms with Gasteiger partial charge in [0.25, 0.3) is 0 Å². The molecule has 226 valence electrons. The number of alkyl halides is 3. The predicted octanol–water partition coefficient (Wildman–Crippen LogP) is 9.49. The molecule has 0 aliphatic heterocycles. The summed E-state index contributed by atoms with van der Waals surface area (Å²) < 4.78 is 162. The van der Waals surface area contributed by atoms with Crippen LogP contribution in [0.3, 0.4) is 0 Å². The fraction of sp³-hybridized carbons (Fsp3) is 0.226. The molecule has 0 N–H and O–H groups in total. The van der Waals surface area contributed by atoms with Crippen LogP contribution in [0, 0.1) is 58.5 Å². The molecule has 1 aliphatic carbocycles. The van der Waals surface area contributed by atoms with Gasteiger partial charge in [-0.1, -0.05) is 25.2 Å². The number of halogens is 11. The highest BCUT2D eigenvalue weighted by molar-refractivity contribution is 5.66. The zero-order valence-corrected chi connectivity index (χ0v) is 22.0. The Balaban J connectivity index is 1.57. The fourth-order valence-corrected chi connectivity index (χ4v) is 4.30. The van der Waals surface area contributed by atoms with E-state index < -0.39 is 92.8 Å². The van der Waals surface area contributed by atoms with Crippen LogP contribution in [0.25, 0.3) is 11.1 Å². The Morgan fingerprint density at radius 3 is 1.91 bits per heavy atom. The van der Waals surface area contributed by atoms with Crippen molar-refractivity contribution in [2.75, 3.05) is 0 Å². The molecule has 43 heavy (non-hydrogen) atoms. The lowest BCUT2D eigenvalue weighted by molar-refractivity contribution is -0.225. The quantitative estimate of drug-likeness (QED) is 0.146. The molecule has 2 unspecified atom stereocenters. The molecule has 0 aromatic heterocycles. The van der Waals surface area contributed by atoms with Crippen molar-refractivity contribution in [2.45, 2.75) is 38.5 Å². The van der Waals surface area contributed by atoms with Crippen molar-refractivity contribution in [2.24, 2.45) is 5.92 Å². The van der Waals surface area contributed by atoms with Gasteiger partial charge in [0.2, 0.25) is 0 Å². The second-order valence-electron chi connectivity index (χ2n) is 9.52. The number of rotatable bonds is 7. The van der Waals surface area contributed by atoms with Crippen molar-refractivity contribution in [1.82, 2.24) is 0 Å². The van der Waals surface area contributed by atoms with Crippen LogP contribution in [0.1, 0.15) is 36.5 Å². The molecule has 0 heterocycles. The van der Waals surface area contributed by atoms with Gasteiger partial charge in [0.05, 0.1) is 5.56 Å². The van der Waals surface area contributed by atoms with E-state index >= 15 is 0 Å². The molecule has 4 rings (SSSR count). The average Bonchev–Trinajstić information content (AvgIpc) is 2.88. The first-order chi connectivity index (χ1) is 20.2. The third-order valence-electron chi connectivity index (χ3n) is 6.36. The first-order valence-corrected chi connectivity index (χ1v) is 12.7. The van der Waals surface area contributed by atoms with E-state index in [-0.39, 0.29) is 23.8 Å². The Labute approximate surface area is 238 Å². The molecule has 0 amide bonds. The molecular weight excluding hydrogens is 597 g/mol. The number of ether oxygens (including phenoxy) is 1. The molecule has 3 aromatic rings. The third kappa shape index (κ3) is 6.87.